The van der Waals surface area contributed by atoms with Crippen LogP contribution in [0.25, 0.3) is 11.1 Å². The van der Waals surface area contributed by atoms with Crippen molar-refractivity contribution in [3.8, 4) is 11.1 Å². The van der Waals surface area contributed by atoms with Gasteiger partial charge >= 0.3 is 41.3 Å². The zero-order valence-electron chi connectivity index (χ0n) is 25.8. The van der Waals surface area contributed by atoms with E-state index in [-0.39, 0.29) is 24.8 Å². The molecule has 8 rings (SSSR count). The molecule has 4 bridgehead atoms. The fourth-order valence-electron chi connectivity index (χ4n) is 8.18. The van der Waals surface area contributed by atoms with Crippen LogP contribution in [0.4, 0.5) is 0 Å². The summed E-state index contributed by atoms with van der Waals surface area (Å²) in [6, 6.07) is 17.7. The molecular formula is C37H46Cl2Zr-2. The van der Waals surface area contributed by atoms with Crippen LogP contribution >= 0.6 is 0 Å². The molecule has 3 heteroatoms. The molecule has 4 fully saturated rings. The number of hydrogen-bond donors (Lipinski definition) is 0. The van der Waals surface area contributed by atoms with Gasteiger partial charge in [-0.3, -0.25) is 0 Å². The van der Waals surface area contributed by atoms with E-state index < -0.39 is 0 Å². The van der Waals surface area contributed by atoms with Crippen LogP contribution in [0.5, 0.6) is 0 Å². The van der Waals surface area contributed by atoms with Crippen LogP contribution in [-0.4, -0.2) is 3.21 Å². The maximum atomic E-state index is 3.54. The third-order valence-electron chi connectivity index (χ3n) is 10.4. The van der Waals surface area contributed by atoms with Crippen LogP contribution in [0.1, 0.15) is 97.4 Å². The second kappa shape index (κ2) is 13.2. The Labute approximate surface area is 271 Å². The minimum Gasteiger partial charge on any atom is -1.00 e. The number of aryl methyl sites for hydroxylation is 5. The van der Waals surface area contributed by atoms with Gasteiger partial charge in [-0.1, -0.05) is 50.8 Å². The molecule has 0 nitrogen and oxygen atoms in total. The number of rotatable bonds is 1. The van der Waals surface area contributed by atoms with Crippen LogP contribution in [0.15, 0.2) is 36.4 Å². The summed E-state index contributed by atoms with van der Waals surface area (Å²) in [6.45, 7) is 17.8. The second-order valence-electron chi connectivity index (χ2n) is 13.5. The van der Waals surface area contributed by atoms with Gasteiger partial charge in [0.2, 0.25) is 0 Å². The van der Waals surface area contributed by atoms with E-state index in [0.717, 1.165) is 30.1 Å². The van der Waals surface area contributed by atoms with Crippen molar-refractivity contribution in [3.63, 3.8) is 0 Å². The van der Waals surface area contributed by atoms with E-state index in [2.05, 4.69) is 97.9 Å². The summed E-state index contributed by atoms with van der Waals surface area (Å²) < 4.78 is 1.51. The van der Waals surface area contributed by atoms with E-state index in [0.29, 0.717) is 5.41 Å². The average molecular weight is 653 g/mol. The Morgan fingerprint density at radius 2 is 1.32 bits per heavy atom. The fourth-order valence-corrected chi connectivity index (χ4v) is 8.18. The molecular weight excluding hydrogens is 607 g/mol. The minimum atomic E-state index is 0. The van der Waals surface area contributed by atoms with Gasteiger partial charge in [-0.25, -0.2) is 6.07 Å². The smallest absolute Gasteiger partial charge is 0.0253 e. The Balaban J connectivity index is 0.000000187. The van der Waals surface area contributed by atoms with Crippen molar-refractivity contribution in [2.24, 2.45) is 23.7 Å². The molecule has 40 heavy (non-hydrogen) atoms. The van der Waals surface area contributed by atoms with E-state index in [1.807, 2.05) is 0 Å². The standard InChI is InChI=1S/C17H23.C17H17.C3H6.2ClH.Zr/c1-11-3-4-14(5-11)17(2)15-7-12-6-13(9-15)10-16(17)8-12;1-10-5-14-9-15-6-11(2)13(4)8-17(15)16(14)7-12(10)3;1-3-2;;;/h3-5,12-13,15-16H,6-10H2,1-2H3;5,7-8H,9H2,1-4H3;1-2H3;2*1H;/q2*-1;;;;+2/p-2. The molecule has 3 aromatic rings. The van der Waals surface area contributed by atoms with Crippen molar-refractivity contribution in [3.05, 3.63) is 87.0 Å². The van der Waals surface area contributed by atoms with Gasteiger partial charge in [-0.05, 0) is 92.7 Å². The van der Waals surface area contributed by atoms with Crippen molar-refractivity contribution < 1.29 is 49.0 Å². The van der Waals surface area contributed by atoms with Crippen LogP contribution in [-0.2, 0) is 36.1 Å². The molecule has 0 spiro atoms. The van der Waals surface area contributed by atoms with E-state index >= 15 is 0 Å². The molecule has 214 valence electrons. The quantitative estimate of drug-likeness (QED) is 0.277. The first-order valence-electron chi connectivity index (χ1n) is 14.8. The Hall–Kier alpha value is -0.877. The fraction of sp³-hybridized carbons (Fsp3) is 0.514. The molecule has 0 N–H and O–H groups in total. The molecule has 5 aliphatic rings. The SMILES string of the molecule is C[C](C)=[Zr+2].Cc1[c-]c2c(cc1C)-c1cc(C)c(C)cc1C2.Cc1cc(C2(C)C3CC4CC(C3)CC2C4)c[cH-]1.[Cl-].[Cl-]. The van der Waals surface area contributed by atoms with Gasteiger partial charge in [0.05, 0.1) is 0 Å². The Kier molecular flexibility index (Phi) is 11.1. The molecule has 3 aromatic carbocycles. The zero-order chi connectivity index (χ0) is 27.4. The number of benzene rings is 2. The second-order valence-corrected chi connectivity index (χ2v) is 16.0. The molecule has 5 aliphatic carbocycles. The Bertz CT molecular complexity index is 1270. The Morgan fingerprint density at radius 3 is 1.85 bits per heavy atom. The predicted molar refractivity (Wildman–Crippen MR) is 160 cm³/mol. The van der Waals surface area contributed by atoms with Crippen LogP contribution in [0, 0.1) is 64.4 Å². The first kappa shape index (κ1) is 33.6. The van der Waals surface area contributed by atoms with Crippen LogP contribution in [0.2, 0.25) is 0 Å². The van der Waals surface area contributed by atoms with Crippen LogP contribution in [0.3, 0.4) is 0 Å². The van der Waals surface area contributed by atoms with Crippen molar-refractivity contribution >= 4 is 3.21 Å². The van der Waals surface area contributed by atoms with E-state index in [9.17, 15) is 0 Å². The van der Waals surface area contributed by atoms with Gasteiger partial charge in [-0.2, -0.15) is 46.5 Å². The molecule has 0 heterocycles. The molecule has 0 amide bonds. The molecule has 0 atom stereocenters. The van der Waals surface area contributed by atoms with Gasteiger partial charge < -0.3 is 24.8 Å². The molecule has 0 aliphatic heterocycles. The molecule has 4 saturated carbocycles. The summed E-state index contributed by atoms with van der Waals surface area (Å²) in [5.41, 5.74) is 14.7. The molecule has 0 unspecified atom stereocenters. The molecule has 0 radical (unpaired) electrons. The monoisotopic (exact) mass is 650 g/mol. The van der Waals surface area contributed by atoms with Crippen molar-refractivity contribution in [2.45, 2.75) is 99.3 Å². The van der Waals surface area contributed by atoms with Gasteiger partial charge in [0.25, 0.3) is 0 Å². The number of hydrogen-bond acceptors (Lipinski definition) is 0. The van der Waals surface area contributed by atoms with Crippen molar-refractivity contribution in [2.75, 3.05) is 0 Å². The maximum Gasteiger partial charge on any atom is -0.0253 e. The Morgan fingerprint density at radius 1 is 0.800 bits per heavy atom. The summed E-state index contributed by atoms with van der Waals surface area (Å²) >= 11 is 1.55. The van der Waals surface area contributed by atoms with Gasteiger partial charge in [-0.15, -0.1) is 11.1 Å². The van der Waals surface area contributed by atoms with Gasteiger partial charge in [0, 0.05) is 0 Å². The van der Waals surface area contributed by atoms with E-state index in [1.54, 1.807) is 36.2 Å². The third-order valence-corrected chi connectivity index (χ3v) is 10.4. The number of halogens is 2. The van der Waals surface area contributed by atoms with Crippen LogP contribution < -0.4 is 24.8 Å². The van der Waals surface area contributed by atoms with E-state index in [1.165, 1.54) is 79.0 Å². The number of fused-ring (bicyclic) bond motifs is 3. The maximum absolute atomic E-state index is 3.54. The van der Waals surface area contributed by atoms with Crippen molar-refractivity contribution in [1.82, 2.24) is 0 Å². The summed E-state index contributed by atoms with van der Waals surface area (Å²) in [5.74, 6) is 4.14. The molecule has 0 saturated heterocycles. The largest absolute Gasteiger partial charge is 1.00 e. The minimum absolute atomic E-state index is 0. The summed E-state index contributed by atoms with van der Waals surface area (Å²) in [4.78, 5) is 0. The third kappa shape index (κ3) is 6.53. The first-order chi connectivity index (χ1) is 17.9. The van der Waals surface area contributed by atoms with Gasteiger partial charge in [0.1, 0.15) is 0 Å². The summed E-state index contributed by atoms with van der Waals surface area (Å²) in [5, 5.41) is 0. The first-order valence-corrected chi connectivity index (χ1v) is 16.1. The van der Waals surface area contributed by atoms with Gasteiger partial charge in [0.15, 0.2) is 0 Å². The van der Waals surface area contributed by atoms with E-state index in [4.69, 9.17) is 0 Å². The topological polar surface area (TPSA) is 0 Å². The average Bonchev–Trinajstić information content (AvgIpc) is 3.41. The molecule has 0 aromatic heterocycles. The summed E-state index contributed by atoms with van der Waals surface area (Å²) in [7, 11) is 0. The zero-order valence-corrected chi connectivity index (χ0v) is 29.7. The normalized spacial score (nSPS) is 26.2. The van der Waals surface area contributed by atoms with Crippen molar-refractivity contribution in [1.29, 1.82) is 0 Å². The summed E-state index contributed by atoms with van der Waals surface area (Å²) in [6.07, 6.45) is 8.69. The predicted octanol–water partition coefficient (Wildman–Crippen LogP) is 3.47.